The molecule has 2 rings (SSSR count). The molecule has 0 aliphatic carbocycles. The number of hydrogen-bond acceptors (Lipinski definition) is 2. The highest BCUT2D eigenvalue weighted by molar-refractivity contribution is 6.30. The van der Waals surface area contributed by atoms with E-state index in [0.717, 1.165) is 5.56 Å². The molecule has 2 aromatic carbocycles. The van der Waals surface area contributed by atoms with Gasteiger partial charge in [-0.3, -0.25) is 4.79 Å². The molecule has 0 aliphatic rings. The second kappa shape index (κ2) is 6.72. The summed E-state index contributed by atoms with van der Waals surface area (Å²) in [7, 11) is 0. The van der Waals surface area contributed by atoms with Crippen LogP contribution in [0.1, 0.15) is 30.4 Å². The summed E-state index contributed by atoms with van der Waals surface area (Å²) in [6, 6.07) is 11.8. The maximum atomic E-state index is 13.7. The SMILES string of the molecule is CC(CC(=O)Cc1ccc(Cl)cc1F)c1ccc(N)cc1. The topological polar surface area (TPSA) is 43.1 Å². The van der Waals surface area contributed by atoms with Gasteiger partial charge in [-0.1, -0.05) is 36.7 Å². The average Bonchev–Trinajstić information content (AvgIpc) is 2.42. The number of carbonyl (C=O) groups is 1. The molecule has 21 heavy (non-hydrogen) atoms. The molecule has 0 bridgehead atoms. The molecule has 4 heteroatoms. The smallest absolute Gasteiger partial charge is 0.137 e. The van der Waals surface area contributed by atoms with Gasteiger partial charge in [0.15, 0.2) is 0 Å². The Hall–Kier alpha value is -1.87. The van der Waals surface area contributed by atoms with E-state index in [2.05, 4.69) is 0 Å². The highest BCUT2D eigenvalue weighted by Gasteiger charge is 2.14. The molecule has 1 unspecified atom stereocenters. The lowest BCUT2D eigenvalue weighted by atomic mass is 9.93. The molecule has 2 aromatic rings. The zero-order chi connectivity index (χ0) is 15.4. The van der Waals surface area contributed by atoms with Crippen LogP contribution >= 0.6 is 11.6 Å². The Labute approximate surface area is 128 Å². The Morgan fingerprint density at radius 1 is 1.24 bits per heavy atom. The third kappa shape index (κ3) is 4.30. The number of anilines is 1. The summed E-state index contributed by atoms with van der Waals surface area (Å²) >= 11 is 5.70. The van der Waals surface area contributed by atoms with Crippen molar-refractivity contribution in [3.63, 3.8) is 0 Å². The normalized spacial score (nSPS) is 12.1. The minimum atomic E-state index is -0.434. The largest absolute Gasteiger partial charge is 0.399 e. The van der Waals surface area contributed by atoms with E-state index in [9.17, 15) is 9.18 Å². The van der Waals surface area contributed by atoms with Gasteiger partial charge >= 0.3 is 0 Å². The van der Waals surface area contributed by atoms with Crippen molar-refractivity contribution in [2.75, 3.05) is 5.73 Å². The lowest BCUT2D eigenvalue weighted by molar-refractivity contribution is -0.118. The van der Waals surface area contributed by atoms with E-state index >= 15 is 0 Å². The molecule has 0 aromatic heterocycles. The average molecular weight is 306 g/mol. The lowest BCUT2D eigenvalue weighted by Gasteiger charge is -2.11. The molecule has 0 fully saturated rings. The summed E-state index contributed by atoms with van der Waals surface area (Å²) in [6.45, 7) is 1.97. The van der Waals surface area contributed by atoms with Crippen molar-refractivity contribution in [2.45, 2.75) is 25.7 Å². The molecule has 0 aliphatic heterocycles. The third-order valence-electron chi connectivity index (χ3n) is 3.44. The Morgan fingerprint density at radius 3 is 2.52 bits per heavy atom. The molecule has 0 heterocycles. The van der Waals surface area contributed by atoms with Gasteiger partial charge < -0.3 is 5.73 Å². The maximum Gasteiger partial charge on any atom is 0.137 e. The van der Waals surface area contributed by atoms with Crippen molar-refractivity contribution in [3.8, 4) is 0 Å². The van der Waals surface area contributed by atoms with Crippen molar-refractivity contribution in [2.24, 2.45) is 0 Å². The number of benzene rings is 2. The zero-order valence-corrected chi connectivity index (χ0v) is 12.5. The fourth-order valence-electron chi connectivity index (χ4n) is 2.23. The van der Waals surface area contributed by atoms with Gasteiger partial charge in [-0.25, -0.2) is 4.39 Å². The fourth-order valence-corrected chi connectivity index (χ4v) is 2.39. The first kappa shape index (κ1) is 15.5. The molecule has 0 saturated heterocycles. The van der Waals surface area contributed by atoms with Crippen LogP contribution < -0.4 is 5.73 Å². The monoisotopic (exact) mass is 305 g/mol. The van der Waals surface area contributed by atoms with Crippen LogP contribution in [0.5, 0.6) is 0 Å². The first-order valence-electron chi connectivity index (χ1n) is 6.77. The molecule has 0 radical (unpaired) electrons. The number of nitrogen functional groups attached to an aromatic ring is 1. The number of ketones is 1. The van der Waals surface area contributed by atoms with Gasteiger partial charge in [0.25, 0.3) is 0 Å². The molecule has 0 spiro atoms. The van der Waals surface area contributed by atoms with Gasteiger partial charge in [0.05, 0.1) is 0 Å². The quantitative estimate of drug-likeness (QED) is 0.834. The van der Waals surface area contributed by atoms with Crippen molar-refractivity contribution in [3.05, 3.63) is 64.4 Å². The Morgan fingerprint density at radius 2 is 1.90 bits per heavy atom. The second-order valence-electron chi connectivity index (χ2n) is 5.22. The number of nitrogens with two attached hydrogens (primary N) is 1. The number of Topliss-reactive ketones (excluding diaryl/α,β-unsaturated/α-hetero) is 1. The van der Waals surface area contributed by atoms with Gasteiger partial charge in [-0.2, -0.15) is 0 Å². The van der Waals surface area contributed by atoms with Crippen molar-refractivity contribution in [1.82, 2.24) is 0 Å². The Kier molecular flexibility index (Phi) is 4.97. The Balaban J connectivity index is 1.99. The van der Waals surface area contributed by atoms with Crippen LogP contribution in [0.15, 0.2) is 42.5 Å². The predicted molar refractivity (Wildman–Crippen MR) is 84.0 cm³/mol. The van der Waals surface area contributed by atoms with E-state index < -0.39 is 5.82 Å². The summed E-state index contributed by atoms with van der Waals surface area (Å²) in [6.07, 6.45) is 0.453. The predicted octanol–water partition coefficient (Wildman–Crippen LogP) is 4.37. The van der Waals surface area contributed by atoms with E-state index in [-0.39, 0.29) is 18.1 Å². The van der Waals surface area contributed by atoms with Crippen LogP contribution in [0.3, 0.4) is 0 Å². The Bertz CT molecular complexity index is 640. The van der Waals surface area contributed by atoms with Crippen molar-refractivity contribution >= 4 is 23.1 Å². The van der Waals surface area contributed by atoms with Gasteiger partial charge in [0.2, 0.25) is 0 Å². The molecule has 2 N–H and O–H groups in total. The van der Waals surface area contributed by atoms with E-state index in [1.807, 2.05) is 31.2 Å². The van der Waals surface area contributed by atoms with Gasteiger partial charge in [0.1, 0.15) is 11.6 Å². The third-order valence-corrected chi connectivity index (χ3v) is 3.68. The molecule has 2 nitrogen and oxygen atoms in total. The molecule has 110 valence electrons. The first-order valence-corrected chi connectivity index (χ1v) is 7.14. The molecular formula is C17H17ClFNO. The number of rotatable bonds is 5. The van der Waals surface area contributed by atoms with Gasteiger partial charge in [0, 0.05) is 23.6 Å². The minimum Gasteiger partial charge on any atom is -0.399 e. The summed E-state index contributed by atoms with van der Waals surface area (Å²) < 4.78 is 13.7. The van der Waals surface area contributed by atoms with Crippen molar-refractivity contribution < 1.29 is 9.18 Å². The van der Waals surface area contributed by atoms with Gasteiger partial charge in [-0.05, 0) is 41.3 Å². The van der Waals surface area contributed by atoms with Crippen LogP contribution in [0.4, 0.5) is 10.1 Å². The summed E-state index contributed by atoms with van der Waals surface area (Å²) in [5.41, 5.74) is 7.77. The number of carbonyl (C=O) groups excluding carboxylic acids is 1. The molecule has 0 amide bonds. The summed E-state index contributed by atoms with van der Waals surface area (Å²) in [5.74, 6) is -0.356. The van der Waals surface area contributed by atoms with Crippen molar-refractivity contribution in [1.29, 1.82) is 0 Å². The molecular weight excluding hydrogens is 289 g/mol. The standard InChI is InChI=1S/C17H17ClFNO/c1-11(12-3-6-15(20)7-4-12)8-16(21)9-13-2-5-14(18)10-17(13)19/h2-7,10-11H,8-9,20H2,1H3. The van der Waals surface area contributed by atoms with Crippen LogP contribution in [-0.4, -0.2) is 5.78 Å². The molecule has 1 atom stereocenters. The van der Waals surface area contributed by atoms with E-state index in [0.29, 0.717) is 22.7 Å². The lowest BCUT2D eigenvalue weighted by Crippen LogP contribution is -2.08. The number of hydrogen-bond donors (Lipinski definition) is 1. The maximum absolute atomic E-state index is 13.7. The van der Waals surface area contributed by atoms with Crippen LogP contribution in [0, 0.1) is 5.82 Å². The van der Waals surface area contributed by atoms with Gasteiger partial charge in [-0.15, -0.1) is 0 Å². The first-order chi connectivity index (χ1) is 9.95. The fraction of sp³-hybridized carbons (Fsp3) is 0.235. The van der Waals surface area contributed by atoms with Crippen LogP contribution in [0.25, 0.3) is 0 Å². The van der Waals surface area contributed by atoms with E-state index in [4.69, 9.17) is 17.3 Å². The summed E-state index contributed by atoms with van der Waals surface area (Å²) in [5, 5.41) is 0.332. The highest BCUT2D eigenvalue weighted by atomic mass is 35.5. The number of halogens is 2. The van der Waals surface area contributed by atoms with E-state index in [1.54, 1.807) is 12.1 Å². The van der Waals surface area contributed by atoms with E-state index in [1.165, 1.54) is 6.07 Å². The zero-order valence-electron chi connectivity index (χ0n) is 11.8. The van der Waals surface area contributed by atoms with Crippen LogP contribution in [0.2, 0.25) is 5.02 Å². The molecule has 0 saturated carbocycles. The van der Waals surface area contributed by atoms with Crippen LogP contribution in [-0.2, 0) is 11.2 Å². The highest BCUT2D eigenvalue weighted by Crippen LogP contribution is 2.22. The summed E-state index contributed by atoms with van der Waals surface area (Å²) in [4.78, 5) is 12.1. The second-order valence-corrected chi connectivity index (χ2v) is 5.66. The minimum absolute atomic E-state index is 0.000507.